The fraction of sp³-hybridized carbons (Fsp3) is 1.00. The Labute approximate surface area is 370 Å². The Kier molecular flexibility index (Phi) is 11.8. The Hall–Kier alpha value is -0.680. The number of aliphatic hydroxyl groups is 10. The molecule has 0 bridgehead atoms. The van der Waals surface area contributed by atoms with E-state index in [9.17, 15) is 51.1 Å². The molecule has 9 rings (SSSR count). The summed E-state index contributed by atoms with van der Waals surface area (Å²) < 4.78 is 44.4. The van der Waals surface area contributed by atoms with Gasteiger partial charge in [-0.15, -0.1) is 0 Å². The smallest absolute Gasteiger partial charge is 0.187 e. The minimum absolute atomic E-state index is 0.0959. The second-order valence-electron chi connectivity index (χ2n) is 23.4. The number of ether oxygens (including phenoxy) is 7. The molecule has 9 aliphatic rings. The first kappa shape index (κ1) is 47.4. The highest BCUT2D eigenvalue weighted by molar-refractivity contribution is 5.33. The summed E-state index contributed by atoms with van der Waals surface area (Å²) in [5, 5.41) is 109. The Morgan fingerprint density at radius 2 is 1.25 bits per heavy atom. The van der Waals surface area contributed by atoms with E-state index in [4.69, 9.17) is 33.2 Å². The fourth-order valence-corrected chi connectivity index (χ4v) is 16.0. The molecule has 17 heteroatoms. The van der Waals surface area contributed by atoms with Gasteiger partial charge in [-0.25, -0.2) is 0 Å². The molecule has 0 aromatic heterocycles. The van der Waals surface area contributed by atoms with Crippen LogP contribution >= 0.6 is 0 Å². The fourth-order valence-electron chi connectivity index (χ4n) is 16.0. The lowest BCUT2D eigenvalue weighted by molar-refractivity contribution is -0.366. The highest BCUT2D eigenvalue weighted by Crippen LogP contribution is 2.89. The van der Waals surface area contributed by atoms with Gasteiger partial charge in [0.1, 0.15) is 54.9 Å². The molecule has 10 N–H and O–H groups in total. The molecule has 9 fully saturated rings. The highest BCUT2D eigenvalue weighted by Gasteiger charge is 2.85. The van der Waals surface area contributed by atoms with Gasteiger partial charge < -0.3 is 84.2 Å². The Morgan fingerprint density at radius 3 is 1.92 bits per heavy atom. The van der Waals surface area contributed by atoms with Crippen molar-refractivity contribution in [3.8, 4) is 0 Å². The first-order valence-electron chi connectivity index (χ1n) is 23.6. The molecule has 25 atom stereocenters. The first-order valence-corrected chi connectivity index (χ1v) is 23.6. The van der Waals surface area contributed by atoms with Crippen LogP contribution in [-0.4, -0.2) is 180 Å². The molecule has 5 aliphatic carbocycles. The Balaban J connectivity index is 1.03. The van der Waals surface area contributed by atoms with Crippen molar-refractivity contribution in [2.24, 2.45) is 44.8 Å². The van der Waals surface area contributed by atoms with E-state index < -0.39 is 115 Å². The third-order valence-corrected chi connectivity index (χ3v) is 19.3. The normalized spacial score (nSPS) is 59.0. The lowest BCUT2D eigenvalue weighted by atomic mass is 9.41. The molecule has 5 saturated carbocycles. The zero-order valence-corrected chi connectivity index (χ0v) is 38.2. The first-order chi connectivity index (χ1) is 29.3. The molecule has 0 aromatic carbocycles. The van der Waals surface area contributed by atoms with Gasteiger partial charge in [-0.3, -0.25) is 0 Å². The van der Waals surface area contributed by atoms with Gasteiger partial charge in [0.2, 0.25) is 0 Å². The highest BCUT2D eigenvalue weighted by atomic mass is 16.8. The molecule has 0 aromatic rings. The van der Waals surface area contributed by atoms with Crippen molar-refractivity contribution in [2.75, 3.05) is 13.2 Å². The van der Waals surface area contributed by atoms with E-state index >= 15 is 0 Å². The molecular weight excluding hydrogens is 824 g/mol. The standard InChI is InChI=1S/C46H76O17/c1-20-28(50)31(53)33(55)38(59-20)62-34-30(52)23(49)18-58-39(34)61-26-10-12-46-19-45(46)14-13-42(6)35(44(8)11-9-27(63-44)41(4,5)56)21(47)16-43(42,7)25(45)15-24(36(46)40(26,2)3)60-37-32(54)29(51)22(48)17-57-37/h20-39,47-56H,9-19H2,1-8H3/t20-,21-,22+,23-,24-,25+,26-,27+,28-,29+,30-,31-,32+,33+,34+,35-,36-,37-,38+,39-,42+,43+,44+,45+,46-/m1/s1. The lowest BCUT2D eigenvalue weighted by Gasteiger charge is -2.65. The summed E-state index contributed by atoms with van der Waals surface area (Å²) in [6.07, 6.45) is -13.3. The summed E-state index contributed by atoms with van der Waals surface area (Å²) in [4.78, 5) is 0. The molecule has 0 radical (unpaired) electrons. The summed E-state index contributed by atoms with van der Waals surface area (Å²) in [5.74, 6) is -0.264. The van der Waals surface area contributed by atoms with Crippen LogP contribution in [0.15, 0.2) is 0 Å². The maximum Gasteiger partial charge on any atom is 0.187 e. The van der Waals surface area contributed by atoms with Crippen molar-refractivity contribution < 1.29 is 84.2 Å². The van der Waals surface area contributed by atoms with Crippen LogP contribution < -0.4 is 0 Å². The van der Waals surface area contributed by atoms with Crippen LogP contribution in [0.25, 0.3) is 0 Å². The third kappa shape index (κ3) is 6.94. The van der Waals surface area contributed by atoms with Gasteiger partial charge in [-0.2, -0.15) is 0 Å². The van der Waals surface area contributed by atoms with Gasteiger partial charge in [-0.1, -0.05) is 27.7 Å². The van der Waals surface area contributed by atoms with Gasteiger partial charge in [0, 0.05) is 5.92 Å². The molecule has 4 aliphatic heterocycles. The maximum atomic E-state index is 12.3. The second-order valence-corrected chi connectivity index (χ2v) is 23.4. The third-order valence-electron chi connectivity index (χ3n) is 19.3. The van der Waals surface area contributed by atoms with Gasteiger partial charge in [0.25, 0.3) is 0 Å². The van der Waals surface area contributed by atoms with Crippen molar-refractivity contribution in [1.29, 1.82) is 0 Å². The summed E-state index contributed by atoms with van der Waals surface area (Å²) >= 11 is 0. The molecule has 362 valence electrons. The van der Waals surface area contributed by atoms with Crippen LogP contribution in [0.2, 0.25) is 0 Å². The van der Waals surface area contributed by atoms with Crippen molar-refractivity contribution in [3.63, 3.8) is 0 Å². The van der Waals surface area contributed by atoms with Crippen LogP contribution in [0, 0.1) is 44.8 Å². The molecular formula is C46H76O17. The molecule has 4 saturated heterocycles. The van der Waals surface area contributed by atoms with Crippen molar-refractivity contribution >= 4 is 0 Å². The van der Waals surface area contributed by atoms with Gasteiger partial charge in [-0.05, 0) is 124 Å². The molecule has 63 heavy (non-hydrogen) atoms. The number of rotatable bonds is 8. The molecule has 4 heterocycles. The van der Waals surface area contributed by atoms with Gasteiger partial charge in [0.05, 0.1) is 54.9 Å². The van der Waals surface area contributed by atoms with Crippen molar-refractivity contribution in [2.45, 2.75) is 229 Å². The van der Waals surface area contributed by atoms with Crippen molar-refractivity contribution in [1.82, 2.24) is 0 Å². The molecule has 0 amide bonds. The lowest BCUT2D eigenvalue weighted by Crippen LogP contribution is -2.65. The van der Waals surface area contributed by atoms with Crippen LogP contribution in [0.5, 0.6) is 0 Å². The maximum absolute atomic E-state index is 12.3. The van der Waals surface area contributed by atoms with E-state index in [-0.39, 0.29) is 58.7 Å². The predicted molar refractivity (Wildman–Crippen MR) is 219 cm³/mol. The largest absolute Gasteiger partial charge is 0.393 e. The van der Waals surface area contributed by atoms with E-state index in [1.54, 1.807) is 13.8 Å². The molecule has 2 spiro atoms. The Morgan fingerprint density at radius 1 is 0.603 bits per heavy atom. The predicted octanol–water partition coefficient (Wildman–Crippen LogP) is 0.215. The van der Waals surface area contributed by atoms with Gasteiger partial charge >= 0.3 is 0 Å². The van der Waals surface area contributed by atoms with E-state index in [0.717, 1.165) is 32.1 Å². The van der Waals surface area contributed by atoms with Gasteiger partial charge in [0.15, 0.2) is 18.9 Å². The minimum Gasteiger partial charge on any atom is -0.393 e. The average Bonchev–Trinajstić information content (AvgIpc) is 3.57. The van der Waals surface area contributed by atoms with Crippen LogP contribution in [-0.2, 0) is 33.2 Å². The quantitative estimate of drug-likeness (QED) is 0.146. The van der Waals surface area contributed by atoms with Crippen LogP contribution in [0.1, 0.15) is 113 Å². The van der Waals surface area contributed by atoms with E-state index in [0.29, 0.717) is 25.7 Å². The molecule has 0 unspecified atom stereocenters. The Bertz CT molecular complexity index is 1700. The SMILES string of the molecule is C[C@H]1O[C@@H](O[C@@H]2[C@@H](O[C@@H]3CC[C@]45C[C@]46CC[C@@]4(C)[C@H]([C@]7(C)CC[C@@H](C(C)(C)O)O7)[C@H](O)C[C@@]4(C)[C@@H]6C[C@@H](O[C@H]4OC[C@H](O)[C@H](O)[C@@H]4O)[C@@H]5C3(C)C)OC[C@@H](O)[C@H]2O)[C@@H](O)[C@H](O)[C@@H]1O. The minimum atomic E-state index is -1.67. The van der Waals surface area contributed by atoms with E-state index in [2.05, 4.69) is 34.6 Å². The number of aliphatic hydroxyl groups excluding tert-OH is 9. The van der Waals surface area contributed by atoms with Crippen LogP contribution in [0.3, 0.4) is 0 Å². The zero-order chi connectivity index (χ0) is 45.8. The summed E-state index contributed by atoms with van der Waals surface area (Å²) in [5.41, 5.74) is -3.35. The zero-order valence-electron chi connectivity index (χ0n) is 38.2. The monoisotopic (exact) mass is 901 g/mol. The van der Waals surface area contributed by atoms with E-state index in [1.165, 1.54) is 6.92 Å². The second kappa shape index (κ2) is 15.7. The van der Waals surface area contributed by atoms with Crippen LogP contribution in [0.4, 0.5) is 0 Å². The summed E-state index contributed by atoms with van der Waals surface area (Å²) in [6, 6.07) is 0. The number of hydrogen-bond acceptors (Lipinski definition) is 17. The average molecular weight is 901 g/mol. The summed E-state index contributed by atoms with van der Waals surface area (Å²) in [6.45, 7) is 15.6. The number of fused-ring (bicyclic) bond motifs is 2. The topological polar surface area (TPSA) is 267 Å². The number of hydrogen-bond donors (Lipinski definition) is 10. The van der Waals surface area contributed by atoms with Crippen molar-refractivity contribution in [3.05, 3.63) is 0 Å². The van der Waals surface area contributed by atoms with E-state index in [1.807, 2.05) is 0 Å². The summed E-state index contributed by atoms with van der Waals surface area (Å²) in [7, 11) is 0. The molecule has 17 nitrogen and oxygen atoms in total.